The Morgan fingerprint density at radius 1 is 1.32 bits per heavy atom. The number of benzene rings is 1. The predicted octanol–water partition coefficient (Wildman–Crippen LogP) is 2.73. The van der Waals surface area contributed by atoms with Crippen molar-refractivity contribution in [2.75, 3.05) is 13.1 Å². The van der Waals surface area contributed by atoms with Gasteiger partial charge in [-0.3, -0.25) is 4.79 Å². The molecule has 0 spiro atoms. The average molecular weight is 325 g/mol. The number of nitrogens with two attached hydrogens (primary N) is 1. The van der Waals surface area contributed by atoms with Crippen LogP contribution in [0.5, 0.6) is 0 Å². The number of carbonyl (C=O) groups excluding carboxylic acids is 1. The standard InChI is InChI=1S/C15H21BrN2O/c16-13-6-4-5-12(9-13)15(7-2-1-3-8-15)11-18-14(19)10-17/h4-6,9H,1-3,7-8,10-11,17H2,(H,18,19). The fraction of sp³-hybridized carbons (Fsp3) is 0.533. The normalized spacial score (nSPS) is 18.0. The third-order valence-corrected chi connectivity index (χ3v) is 4.55. The third-order valence-electron chi connectivity index (χ3n) is 4.06. The van der Waals surface area contributed by atoms with Crippen LogP contribution in [-0.4, -0.2) is 19.0 Å². The van der Waals surface area contributed by atoms with Gasteiger partial charge in [0.05, 0.1) is 6.54 Å². The van der Waals surface area contributed by atoms with Crippen molar-refractivity contribution < 1.29 is 4.79 Å². The van der Waals surface area contributed by atoms with Crippen molar-refractivity contribution in [3.8, 4) is 0 Å². The van der Waals surface area contributed by atoms with Crippen molar-refractivity contribution in [2.24, 2.45) is 5.73 Å². The SMILES string of the molecule is NCC(=O)NCC1(c2cccc(Br)c2)CCCCC1. The van der Waals surface area contributed by atoms with E-state index < -0.39 is 0 Å². The summed E-state index contributed by atoms with van der Waals surface area (Å²) in [5.74, 6) is -0.0695. The zero-order valence-electron chi connectivity index (χ0n) is 11.1. The van der Waals surface area contributed by atoms with Crippen LogP contribution in [0.1, 0.15) is 37.7 Å². The fourth-order valence-electron chi connectivity index (χ4n) is 2.95. The van der Waals surface area contributed by atoms with Crippen LogP contribution in [0.2, 0.25) is 0 Å². The Kier molecular flexibility index (Phi) is 4.99. The highest BCUT2D eigenvalue weighted by Crippen LogP contribution is 2.39. The second kappa shape index (κ2) is 6.53. The van der Waals surface area contributed by atoms with E-state index in [1.165, 1.54) is 24.8 Å². The molecule has 2 rings (SSSR count). The van der Waals surface area contributed by atoms with Crippen LogP contribution in [0.3, 0.4) is 0 Å². The Morgan fingerprint density at radius 3 is 2.68 bits per heavy atom. The van der Waals surface area contributed by atoms with Crippen LogP contribution >= 0.6 is 15.9 Å². The number of hydrogen-bond acceptors (Lipinski definition) is 2. The number of halogens is 1. The quantitative estimate of drug-likeness (QED) is 0.894. The van der Waals surface area contributed by atoms with Gasteiger partial charge in [0.1, 0.15) is 0 Å². The molecule has 0 radical (unpaired) electrons. The summed E-state index contributed by atoms with van der Waals surface area (Å²) >= 11 is 3.54. The molecule has 0 saturated heterocycles. The molecule has 1 saturated carbocycles. The summed E-state index contributed by atoms with van der Waals surface area (Å²) in [4.78, 5) is 11.4. The first-order valence-electron chi connectivity index (χ1n) is 6.89. The van der Waals surface area contributed by atoms with E-state index in [1.807, 2.05) is 6.07 Å². The van der Waals surface area contributed by atoms with Gasteiger partial charge in [-0.05, 0) is 30.5 Å². The average Bonchev–Trinajstić information content (AvgIpc) is 2.46. The summed E-state index contributed by atoms with van der Waals surface area (Å²) in [5.41, 5.74) is 6.77. The molecule has 3 nitrogen and oxygen atoms in total. The van der Waals surface area contributed by atoms with Crippen LogP contribution in [0, 0.1) is 0 Å². The van der Waals surface area contributed by atoms with Gasteiger partial charge in [0.2, 0.25) is 5.91 Å². The van der Waals surface area contributed by atoms with Gasteiger partial charge < -0.3 is 11.1 Å². The molecule has 0 heterocycles. The Morgan fingerprint density at radius 2 is 2.05 bits per heavy atom. The minimum absolute atomic E-state index is 0.0641. The summed E-state index contributed by atoms with van der Waals surface area (Å²) in [6, 6.07) is 8.46. The van der Waals surface area contributed by atoms with E-state index >= 15 is 0 Å². The summed E-state index contributed by atoms with van der Waals surface area (Å²) in [7, 11) is 0. The Bertz CT molecular complexity index is 442. The van der Waals surface area contributed by atoms with Gasteiger partial charge in [0.15, 0.2) is 0 Å². The van der Waals surface area contributed by atoms with Gasteiger partial charge in [-0.1, -0.05) is 47.3 Å². The maximum Gasteiger partial charge on any atom is 0.233 e. The predicted molar refractivity (Wildman–Crippen MR) is 81.0 cm³/mol. The molecule has 1 aliphatic carbocycles. The molecule has 1 aromatic carbocycles. The molecule has 1 amide bonds. The highest BCUT2D eigenvalue weighted by atomic mass is 79.9. The van der Waals surface area contributed by atoms with Crippen molar-refractivity contribution in [1.29, 1.82) is 0 Å². The minimum Gasteiger partial charge on any atom is -0.354 e. The number of amides is 1. The zero-order valence-corrected chi connectivity index (χ0v) is 12.7. The molecular formula is C15H21BrN2O. The summed E-state index contributed by atoms with van der Waals surface area (Å²) in [6.45, 7) is 0.758. The van der Waals surface area contributed by atoms with E-state index in [1.54, 1.807) is 0 Å². The van der Waals surface area contributed by atoms with Crippen LogP contribution < -0.4 is 11.1 Å². The molecule has 1 aromatic rings. The summed E-state index contributed by atoms with van der Waals surface area (Å²) in [5, 5.41) is 2.98. The molecule has 4 heteroatoms. The zero-order chi connectivity index (χ0) is 13.7. The lowest BCUT2D eigenvalue weighted by Crippen LogP contribution is -2.44. The lowest BCUT2D eigenvalue weighted by atomic mass is 9.69. The molecule has 1 fully saturated rings. The molecule has 0 unspecified atom stereocenters. The Labute approximate surface area is 123 Å². The smallest absolute Gasteiger partial charge is 0.233 e. The van der Waals surface area contributed by atoms with Crippen LogP contribution in [-0.2, 0) is 10.2 Å². The molecular weight excluding hydrogens is 304 g/mol. The summed E-state index contributed by atoms with van der Waals surface area (Å²) in [6.07, 6.45) is 6.01. The van der Waals surface area contributed by atoms with Gasteiger partial charge >= 0.3 is 0 Å². The van der Waals surface area contributed by atoms with Crippen molar-refractivity contribution in [1.82, 2.24) is 5.32 Å². The number of hydrogen-bond donors (Lipinski definition) is 2. The molecule has 0 bridgehead atoms. The molecule has 0 atom stereocenters. The highest BCUT2D eigenvalue weighted by Gasteiger charge is 2.34. The van der Waals surface area contributed by atoms with E-state index in [0.29, 0.717) is 6.54 Å². The highest BCUT2D eigenvalue weighted by molar-refractivity contribution is 9.10. The van der Waals surface area contributed by atoms with Gasteiger partial charge in [0.25, 0.3) is 0 Å². The largest absolute Gasteiger partial charge is 0.354 e. The van der Waals surface area contributed by atoms with Gasteiger partial charge in [0, 0.05) is 16.4 Å². The van der Waals surface area contributed by atoms with Gasteiger partial charge in [-0.15, -0.1) is 0 Å². The van der Waals surface area contributed by atoms with Gasteiger partial charge in [-0.2, -0.15) is 0 Å². The Balaban J connectivity index is 2.21. The first-order chi connectivity index (χ1) is 9.16. The lowest BCUT2D eigenvalue weighted by molar-refractivity contribution is -0.120. The molecule has 19 heavy (non-hydrogen) atoms. The fourth-order valence-corrected chi connectivity index (χ4v) is 3.35. The molecule has 0 aliphatic heterocycles. The topological polar surface area (TPSA) is 55.1 Å². The molecule has 1 aliphatic rings. The van der Waals surface area contributed by atoms with Crippen LogP contribution in [0.15, 0.2) is 28.7 Å². The number of carbonyl (C=O) groups is 1. The maximum absolute atomic E-state index is 11.4. The molecule has 3 N–H and O–H groups in total. The van der Waals surface area contributed by atoms with E-state index in [-0.39, 0.29) is 17.9 Å². The van der Waals surface area contributed by atoms with Crippen molar-refractivity contribution >= 4 is 21.8 Å². The summed E-state index contributed by atoms with van der Waals surface area (Å²) < 4.78 is 1.10. The van der Waals surface area contributed by atoms with E-state index in [4.69, 9.17) is 5.73 Å². The molecule has 104 valence electrons. The first kappa shape index (κ1) is 14.5. The van der Waals surface area contributed by atoms with Crippen LogP contribution in [0.25, 0.3) is 0 Å². The number of rotatable bonds is 4. The lowest BCUT2D eigenvalue weighted by Gasteiger charge is -2.38. The van der Waals surface area contributed by atoms with Crippen molar-refractivity contribution in [3.05, 3.63) is 34.3 Å². The van der Waals surface area contributed by atoms with E-state index in [0.717, 1.165) is 17.3 Å². The van der Waals surface area contributed by atoms with E-state index in [2.05, 4.69) is 39.4 Å². The molecule has 0 aromatic heterocycles. The number of nitrogens with one attached hydrogen (secondary N) is 1. The third kappa shape index (κ3) is 3.57. The first-order valence-corrected chi connectivity index (χ1v) is 7.68. The monoisotopic (exact) mass is 324 g/mol. The second-order valence-corrected chi connectivity index (χ2v) is 6.25. The van der Waals surface area contributed by atoms with Crippen molar-refractivity contribution in [3.63, 3.8) is 0 Å². The van der Waals surface area contributed by atoms with E-state index in [9.17, 15) is 4.79 Å². The Hall–Kier alpha value is -0.870. The van der Waals surface area contributed by atoms with Crippen molar-refractivity contribution in [2.45, 2.75) is 37.5 Å². The van der Waals surface area contributed by atoms with Gasteiger partial charge in [-0.25, -0.2) is 0 Å². The van der Waals surface area contributed by atoms with Crippen LogP contribution in [0.4, 0.5) is 0 Å². The second-order valence-electron chi connectivity index (χ2n) is 5.33. The maximum atomic E-state index is 11.4. The minimum atomic E-state index is -0.0695.